The zero-order valence-electron chi connectivity index (χ0n) is 18.1. The van der Waals surface area contributed by atoms with Crippen LogP contribution in [0, 0.1) is 0 Å². The molecule has 3 heterocycles. The number of carbonyl (C=O) groups is 3. The first-order valence-corrected chi connectivity index (χ1v) is 11.9. The van der Waals surface area contributed by atoms with E-state index < -0.39 is 24.2 Å². The molecule has 0 saturated carbocycles. The van der Waals surface area contributed by atoms with Crippen molar-refractivity contribution in [1.29, 1.82) is 0 Å². The lowest BCUT2D eigenvalue weighted by Gasteiger charge is -2.23. The zero-order valence-corrected chi connectivity index (χ0v) is 19.7. The van der Waals surface area contributed by atoms with Gasteiger partial charge in [-0.05, 0) is 44.0 Å². The van der Waals surface area contributed by atoms with Gasteiger partial charge in [-0.15, -0.1) is 11.3 Å². The Morgan fingerprint density at radius 2 is 2.06 bits per heavy atom. The van der Waals surface area contributed by atoms with Crippen LogP contribution in [0.1, 0.15) is 29.4 Å². The molecule has 2 atom stereocenters. The maximum Gasteiger partial charge on any atom is 0.414 e. The maximum atomic E-state index is 12.5. The Labute approximate surface area is 200 Å². The van der Waals surface area contributed by atoms with Crippen molar-refractivity contribution in [1.82, 2.24) is 5.32 Å². The van der Waals surface area contributed by atoms with Gasteiger partial charge in [0, 0.05) is 19.2 Å². The number of rotatable bonds is 7. The van der Waals surface area contributed by atoms with E-state index in [4.69, 9.17) is 26.8 Å². The lowest BCUT2D eigenvalue weighted by molar-refractivity contribution is -0.135. The van der Waals surface area contributed by atoms with E-state index in [-0.39, 0.29) is 19.0 Å². The summed E-state index contributed by atoms with van der Waals surface area (Å²) in [7, 11) is 0. The number of halogens is 1. The summed E-state index contributed by atoms with van der Waals surface area (Å²) in [6.45, 7) is 3.70. The lowest BCUT2D eigenvalue weighted by Crippen LogP contribution is -2.34. The first-order chi connectivity index (χ1) is 15.8. The van der Waals surface area contributed by atoms with E-state index >= 15 is 0 Å². The standard InChI is InChI=1S/C22H25ClN4O5S/c1-13(24)21(29)32-17-10-14(4-5-16(17)26-8-2-3-9-26)27-12-15(31-22(27)30)11-25-20(28)18-6-7-19(23)33-18/h4-7,10,13,15H,2-3,8-9,11-12,24H2,1H3,(H,25,28). The Kier molecular flexibility index (Phi) is 7.06. The van der Waals surface area contributed by atoms with Crippen molar-refractivity contribution in [3.63, 3.8) is 0 Å². The number of hydrogen-bond acceptors (Lipinski definition) is 8. The fourth-order valence-corrected chi connectivity index (χ4v) is 4.70. The number of nitrogens with one attached hydrogen (secondary N) is 1. The largest absolute Gasteiger partial charge is 0.442 e. The molecule has 1 aromatic heterocycles. The van der Waals surface area contributed by atoms with E-state index in [0.717, 1.165) is 31.6 Å². The third-order valence-electron chi connectivity index (χ3n) is 5.45. The summed E-state index contributed by atoms with van der Waals surface area (Å²) in [4.78, 5) is 41.0. The molecular formula is C22H25ClN4O5S. The predicted octanol–water partition coefficient (Wildman–Crippen LogP) is 3.01. The molecule has 0 aliphatic carbocycles. The van der Waals surface area contributed by atoms with E-state index in [2.05, 4.69) is 10.2 Å². The van der Waals surface area contributed by atoms with Gasteiger partial charge < -0.3 is 25.4 Å². The molecule has 2 aliphatic heterocycles. The molecule has 2 aromatic rings. The number of anilines is 2. The highest BCUT2D eigenvalue weighted by molar-refractivity contribution is 7.18. The molecule has 2 fully saturated rings. The first kappa shape index (κ1) is 23.3. The molecule has 9 nitrogen and oxygen atoms in total. The number of ether oxygens (including phenoxy) is 2. The van der Waals surface area contributed by atoms with Crippen molar-refractivity contribution in [2.45, 2.75) is 31.9 Å². The van der Waals surface area contributed by atoms with Crippen molar-refractivity contribution in [2.24, 2.45) is 5.73 Å². The van der Waals surface area contributed by atoms with Crippen LogP contribution in [0.25, 0.3) is 0 Å². The van der Waals surface area contributed by atoms with Gasteiger partial charge in [-0.25, -0.2) is 9.59 Å². The van der Waals surface area contributed by atoms with Crippen molar-refractivity contribution in [2.75, 3.05) is 36.0 Å². The van der Waals surface area contributed by atoms with E-state index in [1.165, 1.54) is 16.2 Å². The molecule has 0 spiro atoms. The van der Waals surface area contributed by atoms with Crippen LogP contribution in [0.2, 0.25) is 4.34 Å². The molecule has 11 heteroatoms. The van der Waals surface area contributed by atoms with Gasteiger partial charge in [-0.3, -0.25) is 9.69 Å². The zero-order chi connectivity index (χ0) is 23.5. The van der Waals surface area contributed by atoms with Crippen LogP contribution in [0.4, 0.5) is 16.2 Å². The molecule has 33 heavy (non-hydrogen) atoms. The second kappa shape index (κ2) is 9.98. The van der Waals surface area contributed by atoms with Gasteiger partial charge in [0.15, 0.2) is 5.75 Å². The van der Waals surface area contributed by atoms with Crippen LogP contribution in [0.5, 0.6) is 5.75 Å². The average Bonchev–Trinajstić information content (AvgIpc) is 3.53. The fraction of sp³-hybridized carbons (Fsp3) is 0.409. The third kappa shape index (κ3) is 5.40. The summed E-state index contributed by atoms with van der Waals surface area (Å²) in [5.41, 5.74) is 7.00. The van der Waals surface area contributed by atoms with Crippen molar-refractivity contribution < 1.29 is 23.9 Å². The number of nitrogens with zero attached hydrogens (tertiary/aromatic N) is 2. The van der Waals surface area contributed by atoms with E-state index in [1.807, 2.05) is 6.07 Å². The van der Waals surface area contributed by atoms with Crippen LogP contribution in [0.3, 0.4) is 0 Å². The number of cyclic esters (lactones) is 1. The molecule has 2 aliphatic rings. The minimum absolute atomic E-state index is 0.162. The van der Waals surface area contributed by atoms with Crippen LogP contribution in [-0.4, -0.2) is 56.3 Å². The van der Waals surface area contributed by atoms with Crippen LogP contribution in [0.15, 0.2) is 30.3 Å². The summed E-state index contributed by atoms with van der Waals surface area (Å²) in [6.07, 6.45) is 1.06. The van der Waals surface area contributed by atoms with Crippen LogP contribution < -0.4 is 25.6 Å². The number of carbonyl (C=O) groups excluding carboxylic acids is 3. The smallest absolute Gasteiger partial charge is 0.414 e. The minimum atomic E-state index is -0.775. The van der Waals surface area contributed by atoms with Gasteiger partial charge in [0.1, 0.15) is 12.1 Å². The molecular weight excluding hydrogens is 468 g/mol. The van der Waals surface area contributed by atoms with Gasteiger partial charge in [0.25, 0.3) is 5.91 Å². The van der Waals surface area contributed by atoms with Gasteiger partial charge in [0.05, 0.1) is 33.7 Å². The predicted molar refractivity (Wildman–Crippen MR) is 126 cm³/mol. The monoisotopic (exact) mass is 492 g/mol. The van der Waals surface area contributed by atoms with Gasteiger partial charge in [-0.1, -0.05) is 11.6 Å². The Hall–Kier alpha value is -2.82. The van der Waals surface area contributed by atoms with E-state index in [1.54, 1.807) is 31.2 Å². The van der Waals surface area contributed by atoms with Crippen molar-refractivity contribution in [3.05, 3.63) is 39.5 Å². The fourth-order valence-electron chi connectivity index (χ4n) is 3.74. The van der Waals surface area contributed by atoms with Crippen molar-refractivity contribution in [3.8, 4) is 5.75 Å². The first-order valence-electron chi connectivity index (χ1n) is 10.7. The normalized spacial score (nSPS) is 18.9. The average molecular weight is 493 g/mol. The highest BCUT2D eigenvalue weighted by Gasteiger charge is 2.33. The highest BCUT2D eigenvalue weighted by Crippen LogP contribution is 2.36. The van der Waals surface area contributed by atoms with E-state index in [9.17, 15) is 14.4 Å². The van der Waals surface area contributed by atoms with Gasteiger partial charge in [0.2, 0.25) is 0 Å². The quantitative estimate of drug-likeness (QED) is 0.451. The second-order valence-corrected chi connectivity index (χ2v) is 9.70. The number of hydrogen-bond donors (Lipinski definition) is 2. The second-order valence-electron chi connectivity index (χ2n) is 7.99. The minimum Gasteiger partial charge on any atom is -0.442 e. The Morgan fingerprint density at radius 3 is 2.73 bits per heavy atom. The van der Waals surface area contributed by atoms with Gasteiger partial charge in [-0.2, -0.15) is 0 Å². The van der Waals surface area contributed by atoms with Gasteiger partial charge >= 0.3 is 12.1 Å². The molecule has 1 aromatic carbocycles. The summed E-state index contributed by atoms with van der Waals surface area (Å²) in [5.74, 6) is -0.469. The summed E-state index contributed by atoms with van der Waals surface area (Å²) in [6, 6.07) is 7.81. The number of nitrogens with two attached hydrogens (primary N) is 1. The summed E-state index contributed by atoms with van der Waals surface area (Å²) >= 11 is 7.05. The third-order valence-corrected chi connectivity index (χ3v) is 6.68. The van der Waals surface area contributed by atoms with E-state index in [0.29, 0.717) is 20.7 Å². The molecule has 4 rings (SSSR count). The molecule has 0 radical (unpaired) electrons. The number of benzene rings is 1. The topological polar surface area (TPSA) is 114 Å². The summed E-state index contributed by atoms with van der Waals surface area (Å²) in [5, 5.41) is 2.76. The molecule has 2 unspecified atom stereocenters. The van der Waals surface area contributed by atoms with Crippen molar-refractivity contribution >= 4 is 52.3 Å². The maximum absolute atomic E-state index is 12.5. The van der Waals surface area contributed by atoms with Crippen LogP contribution >= 0.6 is 22.9 Å². The number of esters is 1. The molecule has 2 amide bonds. The Bertz CT molecular complexity index is 1050. The molecule has 176 valence electrons. The number of thiophene rings is 1. The Morgan fingerprint density at radius 1 is 1.30 bits per heavy atom. The summed E-state index contributed by atoms with van der Waals surface area (Å²) < 4.78 is 11.5. The molecule has 0 bridgehead atoms. The highest BCUT2D eigenvalue weighted by atomic mass is 35.5. The SMILES string of the molecule is CC(N)C(=O)Oc1cc(N2CC(CNC(=O)c3ccc(Cl)s3)OC2=O)ccc1N1CCCC1. The Balaban J connectivity index is 1.46. The molecule has 3 N–H and O–H groups in total. The molecule has 2 saturated heterocycles. The van der Waals surface area contributed by atoms with Crippen LogP contribution in [-0.2, 0) is 9.53 Å². The lowest BCUT2D eigenvalue weighted by atomic mass is 10.2. The number of amides is 2.